The highest BCUT2D eigenvalue weighted by atomic mass is 16.2. The average Bonchev–Trinajstić information content (AvgIpc) is 3.03. The van der Waals surface area contributed by atoms with Crippen LogP contribution in [0.15, 0.2) is 30.3 Å². The number of nitrogens with zero attached hydrogens (tertiary/aromatic N) is 1. The highest BCUT2D eigenvalue weighted by molar-refractivity contribution is 5.80. The quantitative estimate of drug-likeness (QED) is 0.841. The van der Waals surface area contributed by atoms with Crippen molar-refractivity contribution in [3.63, 3.8) is 0 Å². The van der Waals surface area contributed by atoms with Crippen molar-refractivity contribution < 1.29 is 9.59 Å². The van der Waals surface area contributed by atoms with E-state index in [4.69, 9.17) is 0 Å². The van der Waals surface area contributed by atoms with Crippen LogP contribution in [0.4, 0.5) is 0 Å². The second-order valence-electron chi connectivity index (χ2n) is 5.88. The van der Waals surface area contributed by atoms with Crippen LogP contribution in [0.1, 0.15) is 44.6 Å². The van der Waals surface area contributed by atoms with Gasteiger partial charge in [0.1, 0.15) is 0 Å². The SMILES string of the molecule is CCN(C(=O)CCNC(=O)Cc1ccccc1)C1CCCC1. The number of carbonyl (C=O) groups is 2. The number of rotatable bonds is 7. The molecule has 2 rings (SSSR count). The molecule has 1 aliphatic carbocycles. The maximum atomic E-state index is 12.3. The zero-order valence-electron chi connectivity index (χ0n) is 13.4. The number of hydrogen-bond donors (Lipinski definition) is 1. The minimum absolute atomic E-state index is 0.0251. The summed E-state index contributed by atoms with van der Waals surface area (Å²) in [6, 6.07) is 10.1. The zero-order chi connectivity index (χ0) is 15.8. The fraction of sp³-hybridized carbons (Fsp3) is 0.556. The molecule has 0 atom stereocenters. The smallest absolute Gasteiger partial charge is 0.224 e. The van der Waals surface area contributed by atoms with Gasteiger partial charge in [0.05, 0.1) is 6.42 Å². The lowest BCUT2D eigenvalue weighted by Gasteiger charge is -2.27. The molecule has 0 aliphatic heterocycles. The first-order valence-corrected chi connectivity index (χ1v) is 8.30. The van der Waals surface area contributed by atoms with Crippen molar-refractivity contribution in [2.45, 2.75) is 51.5 Å². The van der Waals surface area contributed by atoms with E-state index < -0.39 is 0 Å². The maximum absolute atomic E-state index is 12.3. The molecule has 1 aromatic carbocycles. The zero-order valence-corrected chi connectivity index (χ0v) is 13.4. The lowest BCUT2D eigenvalue weighted by molar-refractivity contribution is -0.133. The Balaban J connectivity index is 1.70. The normalized spacial score (nSPS) is 14.8. The topological polar surface area (TPSA) is 49.4 Å². The van der Waals surface area contributed by atoms with E-state index in [1.54, 1.807) is 0 Å². The van der Waals surface area contributed by atoms with Crippen molar-refractivity contribution in [2.24, 2.45) is 0 Å². The van der Waals surface area contributed by atoms with E-state index in [0.29, 0.717) is 25.4 Å². The summed E-state index contributed by atoms with van der Waals surface area (Å²) in [6.45, 7) is 3.22. The average molecular weight is 302 g/mol. The Labute approximate surface area is 132 Å². The molecule has 0 aromatic heterocycles. The fourth-order valence-electron chi connectivity index (χ4n) is 3.15. The minimum atomic E-state index is -0.0251. The van der Waals surface area contributed by atoms with Gasteiger partial charge in [-0.1, -0.05) is 43.2 Å². The third kappa shape index (κ3) is 4.86. The molecule has 4 nitrogen and oxygen atoms in total. The Morgan fingerprint density at radius 2 is 1.86 bits per heavy atom. The van der Waals surface area contributed by atoms with Crippen LogP contribution in [-0.4, -0.2) is 35.8 Å². The third-order valence-corrected chi connectivity index (χ3v) is 4.30. The molecule has 0 spiro atoms. The number of amides is 2. The Hall–Kier alpha value is -1.84. The number of benzene rings is 1. The summed E-state index contributed by atoms with van der Waals surface area (Å²) in [4.78, 5) is 26.1. The summed E-state index contributed by atoms with van der Waals surface area (Å²) in [7, 11) is 0. The lowest BCUT2D eigenvalue weighted by Crippen LogP contribution is -2.40. The van der Waals surface area contributed by atoms with Crippen molar-refractivity contribution in [2.75, 3.05) is 13.1 Å². The first-order valence-electron chi connectivity index (χ1n) is 8.30. The molecule has 1 fully saturated rings. The summed E-state index contributed by atoms with van der Waals surface area (Å²) in [6.07, 6.45) is 5.46. The van der Waals surface area contributed by atoms with Crippen LogP contribution >= 0.6 is 0 Å². The summed E-state index contributed by atoms with van der Waals surface area (Å²) in [5.41, 5.74) is 0.993. The Kier molecular flexibility index (Phi) is 6.44. The Morgan fingerprint density at radius 1 is 1.18 bits per heavy atom. The number of nitrogens with one attached hydrogen (secondary N) is 1. The predicted molar refractivity (Wildman–Crippen MR) is 87.4 cm³/mol. The highest BCUT2D eigenvalue weighted by Gasteiger charge is 2.24. The van der Waals surface area contributed by atoms with Crippen molar-refractivity contribution in [3.8, 4) is 0 Å². The second kappa shape index (κ2) is 8.57. The van der Waals surface area contributed by atoms with Gasteiger partial charge in [0, 0.05) is 25.6 Å². The van der Waals surface area contributed by atoms with Crippen molar-refractivity contribution in [1.82, 2.24) is 10.2 Å². The molecule has 0 radical (unpaired) electrons. The largest absolute Gasteiger partial charge is 0.355 e. The second-order valence-corrected chi connectivity index (χ2v) is 5.88. The van der Waals surface area contributed by atoms with Crippen molar-refractivity contribution in [3.05, 3.63) is 35.9 Å². The molecule has 1 saturated carbocycles. The monoisotopic (exact) mass is 302 g/mol. The summed E-state index contributed by atoms with van der Waals surface area (Å²) in [5.74, 6) is 0.136. The van der Waals surface area contributed by atoms with Crippen LogP contribution < -0.4 is 5.32 Å². The molecule has 2 amide bonds. The van der Waals surface area contributed by atoms with Crippen LogP contribution in [0.5, 0.6) is 0 Å². The molecular weight excluding hydrogens is 276 g/mol. The van der Waals surface area contributed by atoms with Gasteiger partial charge in [-0.15, -0.1) is 0 Å². The number of hydrogen-bond acceptors (Lipinski definition) is 2. The van der Waals surface area contributed by atoms with Gasteiger partial charge in [-0.2, -0.15) is 0 Å². The van der Waals surface area contributed by atoms with Gasteiger partial charge in [0.25, 0.3) is 0 Å². The van der Waals surface area contributed by atoms with E-state index in [-0.39, 0.29) is 11.8 Å². The van der Waals surface area contributed by atoms with Gasteiger partial charge < -0.3 is 10.2 Å². The molecule has 22 heavy (non-hydrogen) atoms. The predicted octanol–water partition coefficient (Wildman–Crippen LogP) is 2.53. The first-order chi connectivity index (χ1) is 10.7. The highest BCUT2D eigenvalue weighted by Crippen LogP contribution is 2.23. The summed E-state index contributed by atoms with van der Waals surface area (Å²) >= 11 is 0. The van der Waals surface area contributed by atoms with Gasteiger partial charge in [-0.25, -0.2) is 0 Å². The molecule has 1 N–H and O–H groups in total. The third-order valence-electron chi connectivity index (χ3n) is 4.30. The first kappa shape index (κ1) is 16.5. The molecule has 0 saturated heterocycles. The van der Waals surface area contributed by atoms with E-state index in [9.17, 15) is 9.59 Å². The molecule has 0 unspecified atom stereocenters. The van der Waals surface area contributed by atoms with Crippen LogP contribution in [0.2, 0.25) is 0 Å². The van der Waals surface area contributed by atoms with Crippen LogP contribution in [0.25, 0.3) is 0 Å². The van der Waals surface area contributed by atoms with E-state index in [1.807, 2.05) is 42.2 Å². The van der Waals surface area contributed by atoms with E-state index >= 15 is 0 Å². The molecular formula is C18H26N2O2. The molecule has 0 heterocycles. The van der Waals surface area contributed by atoms with E-state index in [2.05, 4.69) is 5.32 Å². The van der Waals surface area contributed by atoms with Gasteiger partial charge in [-0.3, -0.25) is 9.59 Å². The van der Waals surface area contributed by atoms with E-state index in [0.717, 1.165) is 24.9 Å². The van der Waals surface area contributed by atoms with Crippen molar-refractivity contribution >= 4 is 11.8 Å². The Morgan fingerprint density at radius 3 is 2.50 bits per heavy atom. The van der Waals surface area contributed by atoms with Crippen molar-refractivity contribution in [1.29, 1.82) is 0 Å². The van der Waals surface area contributed by atoms with Crippen LogP contribution in [0.3, 0.4) is 0 Å². The maximum Gasteiger partial charge on any atom is 0.224 e. The van der Waals surface area contributed by atoms with Gasteiger partial charge in [-0.05, 0) is 25.3 Å². The Bertz CT molecular complexity index is 481. The number of carbonyl (C=O) groups excluding carboxylic acids is 2. The standard InChI is InChI=1S/C18H26N2O2/c1-2-20(16-10-6-7-11-16)18(22)12-13-19-17(21)14-15-8-4-3-5-9-15/h3-5,8-9,16H,2,6-7,10-14H2,1H3,(H,19,21). The minimum Gasteiger partial charge on any atom is -0.355 e. The molecule has 120 valence electrons. The molecule has 1 aromatic rings. The van der Waals surface area contributed by atoms with Crippen LogP contribution in [-0.2, 0) is 16.0 Å². The lowest BCUT2D eigenvalue weighted by atomic mass is 10.1. The molecule has 0 bridgehead atoms. The summed E-state index contributed by atoms with van der Waals surface area (Å²) in [5, 5.41) is 2.85. The van der Waals surface area contributed by atoms with Gasteiger partial charge >= 0.3 is 0 Å². The van der Waals surface area contributed by atoms with Crippen LogP contribution in [0, 0.1) is 0 Å². The van der Waals surface area contributed by atoms with Gasteiger partial charge in [0.15, 0.2) is 0 Å². The van der Waals surface area contributed by atoms with E-state index in [1.165, 1.54) is 12.8 Å². The fourth-order valence-corrected chi connectivity index (χ4v) is 3.15. The molecule has 1 aliphatic rings. The summed E-state index contributed by atoms with van der Waals surface area (Å²) < 4.78 is 0. The molecule has 4 heteroatoms. The van der Waals surface area contributed by atoms with Gasteiger partial charge in [0.2, 0.25) is 11.8 Å².